The minimum atomic E-state index is 0.0108. The van der Waals surface area contributed by atoms with Crippen LogP contribution in [0.5, 0.6) is 0 Å². The Morgan fingerprint density at radius 3 is 2.28 bits per heavy atom. The van der Waals surface area contributed by atoms with Gasteiger partial charge in [-0.25, -0.2) is 0 Å². The largest absolute Gasteiger partial charge is 0.373 e. The quantitative estimate of drug-likeness (QED) is 0.323. The number of allylic oxidation sites excluding steroid dienone is 1. The van der Waals surface area contributed by atoms with Crippen LogP contribution in [0.15, 0.2) is 11.6 Å². The van der Waals surface area contributed by atoms with Gasteiger partial charge in [0, 0.05) is 13.2 Å². The van der Waals surface area contributed by atoms with Crippen LogP contribution in [0.25, 0.3) is 0 Å². The zero-order valence-corrected chi connectivity index (χ0v) is 22.6. The molecule has 4 aliphatic carbocycles. The van der Waals surface area contributed by atoms with Gasteiger partial charge in [0.1, 0.15) is 0 Å². The van der Waals surface area contributed by atoms with Crippen molar-refractivity contribution in [2.24, 2.45) is 34.5 Å². The summed E-state index contributed by atoms with van der Waals surface area (Å²) in [7, 11) is 0. The second kappa shape index (κ2) is 9.62. The average molecular weight is 501 g/mol. The molecule has 6 fully saturated rings. The van der Waals surface area contributed by atoms with E-state index in [4.69, 9.17) is 23.7 Å². The van der Waals surface area contributed by atoms with Crippen LogP contribution in [0, 0.1) is 34.5 Å². The van der Waals surface area contributed by atoms with Crippen LogP contribution in [-0.4, -0.2) is 50.7 Å². The molecule has 36 heavy (non-hydrogen) atoms. The topological polar surface area (TPSA) is 49.5 Å². The van der Waals surface area contributed by atoms with Crippen molar-refractivity contribution in [3.63, 3.8) is 0 Å². The zero-order chi connectivity index (χ0) is 24.3. The summed E-state index contributed by atoms with van der Waals surface area (Å²) in [6.45, 7) is 7.86. The molecule has 0 aromatic rings. The first-order valence-electron chi connectivity index (χ1n) is 15.4. The van der Waals surface area contributed by atoms with Crippen molar-refractivity contribution in [1.82, 2.24) is 0 Å². The van der Waals surface area contributed by atoms with E-state index in [1.807, 2.05) is 0 Å². The minimum absolute atomic E-state index is 0.0108. The Morgan fingerprint density at radius 1 is 0.833 bits per heavy atom. The van der Waals surface area contributed by atoms with Gasteiger partial charge in [-0.2, -0.15) is 0 Å². The Labute approximate surface area is 218 Å². The summed E-state index contributed by atoms with van der Waals surface area (Å²) in [4.78, 5) is 0. The van der Waals surface area contributed by atoms with Gasteiger partial charge in [-0.3, -0.25) is 0 Å². The van der Waals surface area contributed by atoms with Crippen molar-refractivity contribution < 1.29 is 23.7 Å². The lowest BCUT2D eigenvalue weighted by molar-refractivity contribution is -0.216. The van der Waals surface area contributed by atoms with Crippen molar-refractivity contribution in [2.45, 2.75) is 128 Å². The fraction of sp³-hybridized carbons (Fsp3) is 0.935. The summed E-state index contributed by atoms with van der Waals surface area (Å²) in [5.41, 5.74) is 2.27. The molecule has 0 aromatic heterocycles. The number of epoxide rings is 1. The van der Waals surface area contributed by atoms with E-state index in [-0.39, 0.29) is 18.0 Å². The number of hydrogen-bond donors (Lipinski definition) is 0. The Morgan fingerprint density at radius 2 is 1.58 bits per heavy atom. The maximum absolute atomic E-state index is 6.81. The molecule has 0 aromatic carbocycles. The van der Waals surface area contributed by atoms with Crippen LogP contribution in [0.1, 0.15) is 97.3 Å². The molecule has 3 saturated heterocycles. The van der Waals surface area contributed by atoms with Gasteiger partial charge in [-0.15, -0.1) is 0 Å². The van der Waals surface area contributed by atoms with E-state index in [9.17, 15) is 0 Å². The second-order valence-corrected chi connectivity index (χ2v) is 13.7. The average Bonchev–Trinajstić information content (AvgIpc) is 3.69. The Bertz CT molecular complexity index is 827. The first-order valence-corrected chi connectivity index (χ1v) is 15.4. The highest BCUT2D eigenvalue weighted by Crippen LogP contribution is 2.68. The van der Waals surface area contributed by atoms with Crippen LogP contribution in [0.4, 0.5) is 0 Å². The molecular formula is C31H48O5. The smallest absolute Gasteiger partial charge is 0.157 e. The van der Waals surface area contributed by atoms with E-state index in [1.54, 1.807) is 5.57 Å². The summed E-state index contributed by atoms with van der Waals surface area (Å²) in [6.07, 6.45) is 19.4. The van der Waals surface area contributed by atoms with Gasteiger partial charge in [-0.05, 0) is 118 Å². The van der Waals surface area contributed by atoms with E-state index in [2.05, 4.69) is 19.9 Å². The predicted octanol–water partition coefficient (Wildman–Crippen LogP) is 6.40. The molecule has 7 rings (SSSR count). The SMILES string of the molecule is C[C@]12CCC(OC3CCCCO3)CC1=CC[C@@H]1[C@H]2CC[C@]2(C)C(OC3CCCCO3)CC(C3CO3)[C@@H]12. The van der Waals surface area contributed by atoms with E-state index in [0.29, 0.717) is 35.6 Å². The number of hydrogen-bond acceptors (Lipinski definition) is 5. The fourth-order valence-corrected chi connectivity index (χ4v) is 9.80. The second-order valence-electron chi connectivity index (χ2n) is 13.7. The molecule has 11 atom stereocenters. The predicted molar refractivity (Wildman–Crippen MR) is 137 cm³/mol. The van der Waals surface area contributed by atoms with Gasteiger partial charge < -0.3 is 23.7 Å². The maximum Gasteiger partial charge on any atom is 0.157 e. The Kier molecular flexibility index (Phi) is 6.57. The molecule has 202 valence electrons. The first kappa shape index (κ1) is 24.6. The van der Waals surface area contributed by atoms with Crippen LogP contribution < -0.4 is 0 Å². The summed E-state index contributed by atoms with van der Waals surface area (Å²) >= 11 is 0. The van der Waals surface area contributed by atoms with Crippen molar-refractivity contribution in [3.05, 3.63) is 11.6 Å². The maximum atomic E-state index is 6.81. The van der Waals surface area contributed by atoms with Gasteiger partial charge >= 0.3 is 0 Å². The highest BCUT2D eigenvalue weighted by Gasteiger charge is 2.64. The number of fused-ring (bicyclic) bond motifs is 5. The standard InChI is InChI=1S/C31H48O5/c1-30-13-11-21(35-27-7-3-5-15-32-27)17-20(30)9-10-22-24(30)12-14-31(2)26(36-28-8-4-6-16-33-28)18-23(29(22)31)25-19-34-25/h9,21-29H,3-8,10-19H2,1-2H3/t21?,22-,23?,24-,25?,26?,27?,28?,29-,30+,31-/m1/s1. The van der Waals surface area contributed by atoms with Gasteiger partial charge in [0.15, 0.2) is 12.6 Å². The van der Waals surface area contributed by atoms with Crippen molar-refractivity contribution in [2.75, 3.05) is 19.8 Å². The molecule has 5 heteroatoms. The molecule has 0 radical (unpaired) electrons. The van der Waals surface area contributed by atoms with E-state index < -0.39 is 0 Å². The third kappa shape index (κ3) is 4.24. The Hall–Kier alpha value is -0.460. The lowest BCUT2D eigenvalue weighted by atomic mass is 9.47. The first-order chi connectivity index (χ1) is 17.5. The van der Waals surface area contributed by atoms with Crippen LogP contribution >= 0.6 is 0 Å². The summed E-state index contributed by atoms with van der Waals surface area (Å²) in [5.74, 6) is 2.90. The van der Waals surface area contributed by atoms with Gasteiger partial charge in [0.05, 0.1) is 24.9 Å². The fourth-order valence-electron chi connectivity index (χ4n) is 9.80. The van der Waals surface area contributed by atoms with E-state index in [1.165, 1.54) is 64.2 Å². The highest BCUT2D eigenvalue weighted by atomic mass is 16.7. The van der Waals surface area contributed by atoms with Gasteiger partial charge in [0.25, 0.3) is 0 Å². The summed E-state index contributed by atoms with van der Waals surface area (Å²) in [6, 6.07) is 0. The zero-order valence-electron chi connectivity index (χ0n) is 22.6. The molecule has 0 bridgehead atoms. The minimum Gasteiger partial charge on any atom is -0.373 e. The third-order valence-electron chi connectivity index (χ3n) is 11.8. The van der Waals surface area contributed by atoms with E-state index >= 15 is 0 Å². The molecule has 3 saturated carbocycles. The molecule has 3 heterocycles. The Balaban J connectivity index is 1.10. The lowest BCUT2D eigenvalue weighted by Crippen LogP contribution is -2.53. The molecule has 0 N–H and O–H groups in total. The van der Waals surface area contributed by atoms with Gasteiger partial charge in [-0.1, -0.05) is 25.5 Å². The highest BCUT2D eigenvalue weighted by molar-refractivity contribution is 5.26. The third-order valence-corrected chi connectivity index (χ3v) is 11.8. The van der Waals surface area contributed by atoms with Crippen molar-refractivity contribution in [1.29, 1.82) is 0 Å². The normalized spacial score (nSPS) is 52.6. The monoisotopic (exact) mass is 500 g/mol. The van der Waals surface area contributed by atoms with Gasteiger partial charge in [0.2, 0.25) is 0 Å². The van der Waals surface area contributed by atoms with Crippen molar-refractivity contribution in [3.8, 4) is 0 Å². The summed E-state index contributed by atoms with van der Waals surface area (Å²) < 4.78 is 31.3. The van der Waals surface area contributed by atoms with Crippen LogP contribution in [-0.2, 0) is 23.7 Å². The number of ether oxygens (including phenoxy) is 5. The van der Waals surface area contributed by atoms with Crippen molar-refractivity contribution >= 4 is 0 Å². The molecular weight excluding hydrogens is 452 g/mol. The van der Waals surface area contributed by atoms with Crippen LogP contribution in [0.2, 0.25) is 0 Å². The molecule has 7 aliphatic rings. The van der Waals surface area contributed by atoms with Crippen LogP contribution in [0.3, 0.4) is 0 Å². The lowest BCUT2D eigenvalue weighted by Gasteiger charge is -2.58. The molecule has 0 amide bonds. The molecule has 5 nitrogen and oxygen atoms in total. The number of rotatable bonds is 5. The molecule has 6 unspecified atom stereocenters. The summed E-state index contributed by atoms with van der Waals surface area (Å²) in [5, 5.41) is 0. The van der Waals surface area contributed by atoms with E-state index in [0.717, 1.165) is 50.9 Å². The molecule has 0 spiro atoms. The molecule has 3 aliphatic heterocycles.